The zero-order valence-electron chi connectivity index (χ0n) is 14.0. The molecule has 5 rings (SSSR count). The van der Waals surface area contributed by atoms with E-state index in [1.165, 1.54) is 0 Å². The third kappa shape index (κ3) is 2.88. The molecule has 3 aromatic heterocycles. The van der Waals surface area contributed by atoms with Crippen molar-refractivity contribution in [1.82, 2.24) is 29.8 Å². The van der Waals surface area contributed by atoms with Crippen LogP contribution < -0.4 is 4.74 Å². The van der Waals surface area contributed by atoms with Crippen molar-refractivity contribution in [2.45, 2.75) is 6.61 Å². The average Bonchev–Trinajstić information content (AvgIpc) is 3.34. The summed E-state index contributed by atoms with van der Waals surface area (Å²) >= 11 is 6.14. The van der Waals surface area contributed by atoms with Gasteiger partial charge in [0.2, 0.25) is 0 Å². The molecular formula is C19H13ClN6O. The van der Waals surface area contributed by atoms with Crippen LogP contribution in [-0.2, 0) is 6.61 Å². The number of nitrogens with one attached hydrogen (secondary N) is 1. The minimum Gasteiger partial charge on any atom is -0.487 e. The summed E-state index contributed by atoms with van der Waals surface area (Å²) in [5.74, 6) is 1.27. The van der Waals surface area contributed by atoms with Gasteiger partial charge in [-0.05, 0) is 23.8 Å². The fourth-order valence-corrected chi connectivity index (χ4v) is 3.08. The van der Waals surface area contributed by atoms with Crippen LogP contribution in [0.4, 0.5) is 0 Å². The fraction of sp³-hybridized carbons (Fsp3) is 0.0526. The van der Waals surface area contributed by atoms with Crippen LogP contribution in [0.3, 0.4) is 0 Å². The highest BCUT2D eigenvalue weighted by Crippen LogP contribution is 2.25. The summed E-state index contributed by atoms with van der Waals surface area (Å²) in [6, 6.07) is 15.3. The van der Waals surface area contributed by atoms with Gasteiger partial charge in [-0.15, -0.1) is 5.10 Å². The van der Waals surface area contributed by atoms with Gasteiger partial charge in [0.05, 0.1) is 16.6 Å². The van der Waals surface area contributed by atoms with E-state index < -0.39 is 0 Å². The second-order valence-corrected chi connectivity index (χ2v) is 6.41. The first-order valence-corrected chi connectivity index (χ1v) is 8.67. The number of para-hydroxylation sites is 1. The topological polar surface area (TPSA) is 81.0 Å². The molecule has 0 atom stereocenters. The molecule has 0 fully saturated rings. The van der Waals surface area contributed by atoms with E-state index >= 15 is 0 Å². The number of ether oxygens (including phenoxy) is 1. The average molecular weight is 377 g/mol. The van der Waals surface area contributed by atoms with Gasteiger partial charge < -0.3 is 4.74 Å². The lowest BCUT2D eigenvalue weighted by Crippen LogP contribution is -1.96. The van der Waals surface area contributed by atoms with E-state index in [0.29, 0.717) is 34.5 Å². The molecule has 8 heteroatoms. The zero-order valence-corrected chi connectivity index (χ0v) is 14.8. The normalized spacial score (nSPS) is 11.3. The summed E-state index contributed by atoms with van der Waals surface area (Å²) in [7, 11) is 0. The van der Waals surface area contributed by atoms with Gasteiger partial charge in [-0.1, -0.05) is 41.9 Å². The van der Waals surface area contributed by atoms with Gasteiger partial charge in [-0.3, -0.25) is 5.10 Å². The number of halogens is 1. The maximum Gasteiger partial charge on any atom is 0.182 e. The maximum atomic E-state index is 6.14. The first-order chi connectivity index (χ1) is 13.3. The second kappa shape index (κ2) is 6.37. The summed E-state index contributed by atoms with van der Waals surface area (Å²) in [5.41, 5.74) is 3.29. The summed E-state index contributed by atoms with van der Waals surface area (Å²) in [6.45, 7) is 0.401. The van der Waals surface area contributed by atoms with Crippen LogP contribution in [0.5, 0.6) is 5.75 Å². The predicted molar refractivity (Wildman–Crippen MR) is 102 cm³/mol. The number of hydrogen-bond donors (Lipinski definition) is 1. The number of aromatic amines is 1. The van der Waals surface area contributed by atoms with Crippen LogP contribution in [0.25, 0.3) is 28.1 Å². The maximum absolute atomic E-state index is 6.14. The Hall–Kier alpha value is -3.45. The van der Waals surface area contributed by atoms with Crippen molar-refractivity contribution in [2.75, 3.05) is 0 Å². The van der Waals surface area contributed by atoms with E-state index in [1.54, 1.807) is 23.1 Å². The van der Waals surface area contributed by atoms with Crippen molar-refractivity contribution < 1.29 is 4.74 Å². The number of benzene rings is 2. The van der Waals surface area contributed by atoms with Crippen LogP contribution in [0.1, 0.15) is 5.56 Å². The molecule has 1 N–H and O–H groups in total. The Morgan fingerprint density at radius 2 is 2.04 bits per heavy atom. The van der Waals surface area contributed by atoms with E-state index in [0.717, 1.165) is 16.5 Å². The Kier molecular flexibility index (Phi) is 3.72. The Labute approximate surface area is 158 Å². The smallest absolute Gasteiger partial charge is 0.182 e. The number of aromatic nitrogens is 6. The molecule has 0 saturated heterocycles. The lowest BCUT2D eigenvalue weighted by Gasteiger charge is -2.08. The molecule has 0 bridgehead atoms. The SMILES string of the molecule is Clc1ccccc1OCc1cccc(-c2nc3c4cn[nH]c4ncn3n2)c1. The molecule has 0 aliphatic heterocycles. The van der Waals surface area contributed by atoms with Crippen molar-refractivity contribution in [3.8, 4) is 17.1 Å². The van der Waals surface area contributed by atoms with Crippen LogP contribution in [0.15, 0.2) is 61.1 Å². The van der Waals surface area contributed by atoms with Crippen molar-refractivity contribution in [2.24, 2.45) is 0 Å². The summed E-state index contributed by atoms with van der Waals surface area (Å²) in [4.78, 5) is 8.92. The quantitative estimate of drug-likeness (QED) is 0.514. The molecule has 0 spiro atoms. The molecule has 0 aliphatic carbocycles. The van der Waals surface area contributed by atoms with Crippen LogP contribution in [0.2, 0.25) is 5.02 Å². The van der Waals surface area contributed by atoms with Crippen molar-refractivity contribution in [1.29, 1.82) is 0 Å². The van der Waals surface area contributed by atoms with Gasteiger partial charge in [0.1, 0.15) is 18.7 Å². The molecule has 27 heavy (non-hydrogen) atoms. The molecule has 7 nitrogen and oxygen atoms in total. The number of rotatable bonds is 4. The van der Waals surface area contributed by atoms with E-state index in [9.17, 15) is 0 Å². The van der Waals surface area contributed by atoms with E-state index in [2.05, 4.69) is 25.3 Å². The van der Waals surface area contributed by atoms with E-state index in [-0.39, 0.29) is 0 Å². The van der Waals surface area contributed by atoms with Gasteiger partial charge >= 0.3 is 0 Å². The van der Waals surface area contributed by atoms with E-state index in [4.69, 9.17) is 16.3 Å². The van der Waals surface area contributed by atoms with Crippen LogP contribution in [0, 0.1) is 0 Å². The largest absolute Gasteiger partial charge is 0.487 e. The molecular weight excluding hydrogens is 364 g/mol. The Balaban J connectivity index is 1.46. The highest BCUT2D eigenvalue weighted by Gasteiger charge is 2.11. The van der Waals surface area contributed by atoms with Gasteiger partial charge in [-0.25, -0.2) is 14.5 Å². The minimum atomic E-state index is 0.401. The third-order valence-electron chi connectivity index (χ3n) is 4.20. The minimum absolute atomic E-state index is 0.401. The molecule has 0 aliphatic rings. The number of hydrogen-bond acceptors (Lipinski definition) is 5. The fourth-order valence-electron chi connectivity index (χ4n) is 2.89. The predicted octanol–water partition coefficient (Wildman–Crippen LogP) is 3.90. The Bertz CT molecular complexity index is 1260. The second-order valence-electron chi connectivity index (χ2n) is 6.00. The third-order valence-corrected chi connectivity index (χ3v) is 4.52. The monoisotopic (exact) mass is 376 g/mol. The molecule has 2 aromatic carbocycles. The van der Waals surface area contributed by atoms with E-state index in [1.807, 2.05) is 42.5 Å². The van der Waals surface area contributed by atoms with Gasteiger partial charge in [-0.2, -0.15) is 5.10 Å². The molecule has 132 valence electrons. The Morgan fingerprint density at radius 1 is 1.11 bits per heavy atom. The Morgan fingerprint density at radius 3 is 2.96 bits per heavy atom. The van der Waals surface area contributed by atoms with Crippen LogP contribution in [-0.4, -0.2) is 29.8 Å². The number of H-pyrrole nitrogens is 1. The standard InChI is InChI=1S/C19H13ClN6O/c20-15-6-1-2-7-16(15)27-10-12-4-3-5-13(8-12)17-23-19-14-9-22-24-18(14)21-11-26(19)25-17/h1-9,11H,10H2,(H,22,24). The van der Waals surface area contributed by atoms with Crippen molar-refractivity contribution in [3.63, 3.8) is 0 Å². The first-order valence-electron chi connectivity index (χ1n) is 8.29. The van der Waals surface area contributed by atoms with Gasteiger partial charge in [0, 0.05) is 5.56 Å². The highest BCUT2D eigenvalue weighted by atomic mass is 35.5. The van der Waals surface area contributed by atoms with Gasteiger partial charge in [0.15, 0.2) is 17.1 Å². The molecule has 0 radical (unpaired) electrons. The molecule has 0 amide bonds. The zero-order chi connectivity index (χ0) is 18.2. The first kappa shape index (κ1) is 15.8. The van der Waals surface area contributed by atoms with Gasteiger partial charge in [0.25, 0.3) is 0 Å². The molecule has 0 saturated carbocycles. The van der Waals surface area contributed by atoms with Crippen molar-refractivity contribution in [3.05, 3.63) is 71.6 Å². The molecule has 3 heterocycles. The summed E-state index contributed by atoms with van der Waals surface area (Å²) in [5, 5.41) is 12.8. The lowest BCUT2D eigenvalue weighted by atomic mass is 10.1. The highest BCUT2D eigenvalue weighted by molar-refractivity contribution is 6.32. The van der Waals surface area contributed by atoms with Crippen molar-refractivity contribution >= 4 is 28.3 Å². The molecule has 5 aromatic rings. The molecule has 0 unspecified atom stereocenters. The summed E-state index contributed by atoms with van der Waals surface area (Å²) in [6.07, 6.45) is 3.32. The number of nitrogens with zero attached hydrogens (tertiary/aromatic N) is 5. The lowest BCUT2D eigenvalue weighted by molar-refractivity contribution is 0.306. The van der Waals surface area contributed by atoms with Crippen LogP contribution >= 0.6 is 11.6 Å². The number of fused-ring (bicyclic) bond motifs is 3. The summed E-state index contributed by atoms with van der Waals surface area (Å²) < 4.78 is 7.47.